The van der Waals surface area contributed by atoms with Gasteiger partial charge in [0.25, 0.3) is 0 Å². The molecule has 0 spiro atoms. The van der Waals surface area contributed by atoms with Crippen LogP contribution in [0.25, 0.3) is 0 Å². The highest BCUT2D eigenvalue weighted by atomic mass is 15.3. The van der Waals surface area contributed by atoms with Crippen LogP contribution in [0.1, 0.15) is 29.9 Å². The molecule has 0 aliphatic heterocycles. The molecule has 3 aromatic rings. The number of benzene rings is 1. The fraction of sp³-hybridized carbons (Fsp3) is 0.188. The molecule has 2 heterocycles. The Hall–Kier alpha value is -2.49. The summed E-state index contributed by atoms with van der Waals surface area (Å²) in [4.78, 5) is 4.04. The Morgan fingerprint density at radius 1 is 1.05 bits per heavy atom. The highest BCUT2D eigenvalue weighted by molar-refractivity contribution is 5.21. The number of rotatable bonds is 4. The van der Waals surface area contributed by atoms with E-state index < -0.39 is 0 Å². The first kappa shape index (κ1) is 12.5. The molecule has 0 N–H and O–H groups in total. The standard InChI is InChI=1S/C16H16N4/c1-13(15-5-3-2-4-6-15)20-12-18-19-16(20)11-14-7-9-17-10-8-14/h2-10,12-13H,11H2,1H3. The molecule has 0 aliphatic rings. The van der Waals surface area contributed by atoms with E-state index in [4.69, 9.17) is 0 Å². The van der Waals surface area contributed by atoms with Gasteiger partial charge in [0.05, 0.1) is 6.04 Å². The first-order valence-corrected chi connectivity index (χ1v) is 6.67. The van der Waals surface area contributed by atoms with Crippen LogP contribution in [-0.4, -0.2) is 19.7 Å². The molecular weight excluding hydrogens is 248 g/mol. The summed E-state index contributed by atoms with van der Waals surface area (Å²) in [6, 6.07) is 14.6. The topological polar surface area (TPSA) is 43.6 Å². The van der Waals surface area contributed by atoms with E-state index in [1.54, 1.807) is 18.7 Å². The fourth-order valence-corrected chi connectivity index (χ4v) is 2.29. The summed E-state index contributed by atoms with van der Waals surface area (Å²) in [5.41, 5.74) is 2.44. The maximum absolute atomic E-state index is 4.25. The lowest BCUT2D eigenvalue weighted by molar-refractivity contribution is 0.608. The summed E-state index contributed by atoms with van der Waals surface area (Å²) in [7, 11) is 0. The zero-order valence-electron chi connectivity index (χ0n) is 11.3. The van der Waals surface area contributed by atoms with Gasteiger partial charge in [-0.1, -0.05) is 30.3 Å². The molecule has 0 radical (unpaired) electrons. The maximum Gasteiger partial charge on any atom is 0.137 e. The Morgan fingerprint density at radius 2 is 1.80 bits per heavy atom. The Labute approximate surface area is 118 Å². The summed E-state index contributed by atoms with van der Waals surface area (Å²) >= 11 is 0. The lowest BCUT2D eigenvalue weighted by atomic mass is 10.1. The molecule has 1 unspecified atom stereocenters. The molecular formula is C16H16N4. The summed E-state index contributed by atoms with van der Waals surface area (Å²) in [5, 5.41) is 8.31. The predicted molar refractivity (Wildman–Crippen MR) is 77.3 cm³/mol. The van der Waals surface area contributed by atoms with Crippen LogP contribution in [0.2, 0.25) is 0 Å². The van der Waals surface area contributed by atoms with Crippen molar-refractivity contribution in [2.24, 2.45) is 0 Å². The average Bonchev–Trinajstić information content (AvgIpc) is 2.96. The van der Waals surface area contributed by atoms with Crippen LogP contribution in [-0.2, 0) is 6.42 Å². The van der Waals surface area contributed by atoms with Crippen molar-refractivity contribution in [3.05, 3.63) is 78.1 Å². The van der Waals surface area contributed by atoms with E-state index in [2.05, 4.69) is 50.9 Å². The van der Waals surface area contributed by atoms with E-state index in [9.17, 15) is 0 Å². The maximum atomic E-state index is 4.25. The minimum absolute atomic E-state index is 0.225. The van der Waals surface area contributed by atoms with Gasteiger partial charge in [-0.05, 0) is 30.2 Å². The van der Waals surface area contributed by atoms with Crippen molar-refractivity contribution in [1.82, 2.24) is 19.7 Å². The highest BCUT2D eigenvalue weighted by Crippen LogP contribution is 2.19. The smallest absolute Gasteiger partial charge is 0.137 e. The second-order valence-electron chi connectivity index (χ2n) is 4.77. The van der Waals surface area contributed by atoms with Gasteiger partial charge < -0.3 is 4.57 Å². The average molecular weight is 264 g/mol. The Morgan fingerprint density at radius 3 is 2.55 bits per heavy atom. The van der Waals surface area contributed by atoms with Crippen molar-refractivity contribution in [3.8, 4) is 0 Å². The molecule has 0 amide bonds. The lowest BCUT2D eigenvalue weighted by Gasteiger charge is -2.15. The van der Waals surface area contributed by atoms with Crippen molar-refractivity contribution in [1.29, 1.82) is 0 Å². The molecule has 4 heteroatoms. The highest BCUT2D eigenvalue weighted by Gasteiger charge is 2.13. The van der Waals surface area contributed by atoms with Gasteiger partial charge in [-0.15, -0.1) is 10.2 Å². The van der Waals surface area contributed by atoms with Crippen molar-refractivity contribution in [2.75, 3.05) is 0 Å². The fourth-order valence-electron chi connectivity index (χ4n) is 2.29. The molecule has 3 rings (SSSR count). The molecule has 0 aliphatic carbocycles. The normalized spacial score (nSPS) is 12.2. The molecule has 2 aromatic heterocycles. The third-order valence-electron chi connectivity index (χ3n) is 3.46. The van der Waals surface area contributed by atoms with E-state index in [1.807, 2.05) is 18.2 Å². The van der Waals surface area contributed by atoms with Gasteiger partial charge in [0.15, 0.2) is 0 Å². The van der Waals surface area contributed by atoms with E-state index in [-0.39, 0.29) is 6.04 Å². The third kappa shape index (κ3) is 2.59. The zero-order chi connectivity index (χ0) is 13.8. The Bertz CT molecular complexity index is 661. The van der Waals surface area contributed by atoms with Gasteiger partial charge in [-0.2, -0.15) is 0 Å². The lowest BCUT2D eigenvalue weighted by Crippen LogP contribution is -2.10. The SMILES string of the molecule is CC(c1ccccc1)n1cnnc1Cc1ccncc1. The summed E-state index contributed by atoms with van der Waals surface area (Å²) in [5.74, 6) is 0.965. The predicted octanol–water partition coefficient (Wildman–Crippen LogP) is 2.87. The summed E-state index contributed by atoms with van der Waals surface area (Å²) in [6.07, 6.45) is 6.17. The van der Waals surface area contributed by atoms with Gasteiger partial charge in [0.1, 0.15) is 12.2 Å². The number of hydrogen-bond acceptors (Lipinski definition) is 3. The number of hydrogen-bond donors (Lipinski definition) is 0. The molecule has 100 valence electrons. The number of aromatic nitrogens is 4. The van der Waals surface area contributed by atoms with Crippen LogP contribution in [0.3, 0.4) is 0 Å². The van der Waals surface area contributed by atoms with Gasteiger partial charge in [-0.3, -0.25) is 4.98 Å². The molecule has 0 saturated heterocycles. The van der Waals surface area contributed by atoms with Gasteiger partial charge >= 0.3 is 0 Å². The summed E-state index contributed by atoms with van der Waals surface area (Å²) < 4.78 is 2.12. The zero-order valence-corrected chi connectivity index (χ0v) is 11.3. The molecule has 0 fully saturated rings. The van der Waals surface area contributed by atoms with Crippen LogP contribution in [0.5, 0.6) is 0 Å². The third-order valence-corrected chi connectivity index (χ3v) is 3.46. The first-order chi connectivity index (χ1) is 9.84. The first-order valence-electron chi connectivity index (χ1n) is 6.67. The number of pyridine rings is 1. The van der Waals surface area contributed by atoms with E-state index in [0.717, 1.165) is 12.2 Å². The molecule has 0 bridgehead atoms. The van der Waals surface area contributed by atoms with E-state index in [1.165, 1.54) is 11.1 Å². The van der Waals surface area contributed by atoms with Gasteiger partial charge in [-0.25, -0.2) is 0 Å². The van der Waals surface area contributed by atoms with Crippen molar-refractivity contribution in [2.45, 2.75) is 19.4 Å². The van der Waals surface area contributed by atoms with E-state index in [0.29, 0.717) is 0 Å². The Kier molecular flexibility index (Phi) is 3.54. The van der Waals surface area contributed by atoms with Gasteiger partial charge in [0.2, 0.25) is 0 Å². The minimum Gasteiger partial charge on any atom is -0.310 e. The van der Waals surface area contributed by atoms with Gasteiger partial charge in [0, 0.05) is 18.8 Å². The molecule has 4 nitrogen and oxygen atoms in total. The van der Waals surface area contributed by atoms with E-state index >= 15 is 0 Å². The second-order valence-corrected chi connectivity index (χ2v) is 4.77. The van der Waals surface area contributed by atoms with Crippen LogP contribution in [0, 0.1) is 0 Å². The second kappa shape index (κ2) is 5.65. The molecule has 1 aromatic carbocycles. The molecule has 0 saturated carbocycles. The summed E-state index contributed by atoms with van der Waals surface area (Å²) in [6.45, 7) is 2.16. The number of nitrogens with zero attached hydrogens (tertiary/aromatic N) is 4. The van der Waals surface area contributed by atoms with Crippen LogP contribution >= 0.6 is 0 Å². The van der Waals surface area contributed by atoms with Crippen molar-refractivity contribution in [3.63, 3.8) is 0 Å². The van der Waals surface area contributed by atoms with Crippen LogP contribution < -0.4 is 0 Å². The van der Waals surface area contributed by atoms with Crippen LogP contribution in [0.15, 0.2) is 61.2 Å². The van der Waals surface area contributed by atoms with Crippen molar-refractivity contribution < 1.29 is 0 Å². The molecule has 1 atom stereocenters. The molecule has 20 heavy (non-hydrogen) atoms. The minimum atomic E-state index is 0.225. The largest absolute Gasteiger partial charge is 0.310 e. The van der Waals surface area contributed by atoms with Crippen molar-refractivity contribution >= 4 is 0 Å². The Balaban J connectivity index is 1.87. The quantitative estimate of drug-likeness (QED) is 0.727. The van der Waals surface area contributed by atoms with Crippen LogP contribution in [0.4, 0.5) is 0 Å². The monoisotopic (exact) mass is 264 g/mol.